The minimum Gasteiger partial charge on any atom is -0.496 e. The van der Waals surface area contributed by atoms with Crippen molar-refractivity contribution < 1.29 is 14.6 Å². The van der Waals surface area contributed by atoms with E-state index in [1.165, 1.54) is 32.4 Å². The van der Waals surface area contributed by atoms with Crippen molar-refractivity contribution in [2.24, 2.45) is 0 Å². The Kier molecular flexibility index (Phi) is 8.90. The van der Waals surface area contributed by atoms with Crippen LogP contribution in [0.5, 0.6) is 5.75 Å². The van der Waals surface area contributed by atoms with Gasteiger partial charge in [-0.3, -0.25) is 4.79 Å². The van der Waals surface area contributed by atoms with E-state index in [0.717, 1.165) is 18.7 Å². The normalized spacial score (nSPS) is 15.3. The molecular formula is C19H31N3O3. The van der Waals surface area contributed by atoms with Gasteiger partial charge in [-0.2, -0.15) is 0 Å². The van der Waals surface area contributed by atoms with Crippen LogP contribution in [-0.2, 0) is 6.54 Å². The number of likely N-dealkylation sites (tertiary alicyclic amines) is 1. The third-order valence-corrected chi connectivity index (χ3v) is 4.52. The first-order valence-corrected chi connectivity index (χ1v) is 9.19. The van der Waals surface area contributed by atoms with Crippen LogP contribution in [0.2, 0.25) is 0 Å². The average molecular weight is 349 g/mol. The molecule has 6 heteroatoms. The van der Waals surface area contributed by atoms with E-state index in [4.69, 9.17) is 9.84 Å². The maximum absolute atomic E-state index is 12.4. The van der Waals surface area contributed by atoms with Crippen molar-refractivity contribution in [1.29, 1.82) is 0 Å². The Bertz CT molecular complexity index is 531. The van der Waals surface area contributed by atoms with Gasteiger partial charge in [0.1, 0.15) is 5.75 Å². The molecule has 25 heavy (non-hydrogen) atoms. The molecule has 1 aliphatic heterocycles. The molecule has 0 amide bonds. The summed E-state index contributed by atoms with van der Waals surface area (Å²) in [7, 11) is 1.58. The van der Waals surface area contributed by atoms with Gasteiger partial charge in [-0.15, -0.1) is 0 Å². The summed E-state index contributed by atoms with van der Waals surface area (Å²) in [5.41, 5.74) is 1.64. The van der Waals surface area contributed by atoms with Crippen LogP contribution in [0.4, 0.5) is 0 Å². The highest BCUT2D eigenvalue weighted by molar-refractivity contribution is 6.00. The van der Waals surface area contributed by atoms with Gasteiger partial charge in [0.2, 0.25) is 0 Å². The molecule has 1 aromatic rings. The van der Waals surface area contributed by atoms with Gasteiger partial charge in [-0.05, 0) is 43.6 Å². The van der Waals surface area contributed by atoms with E-state index in [1.54, 1.807) is 7.11 Å². The van der Waals surface area contributed by atoms with E-state index in [9.17, 15) is 4.79 Å². The lowest BCUT2D eigenvalue weighted by Crippen LogP contribution is -2.37. The summed E-state index contributed by atoms with van der Waals surface area (Å²) in [5, 5.41) is 15.2. The standard InChI is InChI=1S/C19H31N3O3/c1-25-19-13-16(14-21-8-12-23)5-6-17(19)18(24)15-20-7-11-22-9-3-2-4-10-22/h5-6,13,20-21,23H,2-4,7-12,14-15H2,1H3. The number of piperidine rings is 1. The summed E-state index contributed by atoms with van der Waals surface area (Å²) < 4.78 is 5.38. The Morgan fingerprint density at radius 2 is 2.00 bits per heavy atom. The molecule has 0 aromatic heterocycles. The summed E-state index contributed by atoms with van der Waals surface area (Å²) >= 11 is 0. The highest BCUT2D eigenvalue weighted by atomic mass is 16.5. The van der Waals surface area contributed by atoms with E-state index < -0.39 is 0 Å². The molecule has 6 nitrogen and oxygen atoms in total. The lowest BCUT2D eigenvalue weighted by atomic mass is 10.1. The quantitative estimate of drug-likeness (QED) is 0.409. The molecule has 1 aliphatic rings. The van der Waals surface area contributed by atoms with Gasteiger partial charge < -0.3 is 25.4 Å². The molecule has 1 fully saturated rings. The van der Waals surface area contributed by atoms with Gasteiger partial charge in [-0.25, -0.2) is 0 Å². The summed E-state index contributed by atoms with van der Waals surface area (Å²) in [5.74, 6) is 0.650. The maximum atomic E-state index is 12.4. The molecule has 0 atom stereocenters. The summed E-state index contributed by atoms with van der Waals surface area (Å²) in [6.07, 6.45) is 3.92. The molecule has 0 spiro atoms. The van der Waals surface area contributed by atoms with Crippen LogP contribution in [0.1, 0.15) is 35.2 Å². The zero-order valence-corrected chi connectivity index (χ0v) is 15.2. The predicted octanol–water partition coefficient (Wildman–Crippen LogP) is 1.04. The van der Waals surface area contributed by atoms with Gasteiger partial charge in [0.05, 0.1) is 25.8 Å². The molecule has 0 saturated carbocycles. The highest BCUT2D eigenvalue weighted by Crippen LogP contribution is 2.20. The third kappa shape index (κ3) is 6.74. The number of aliphatic hydroxyl groups excluding tert-OH is 1. The third-order valence-electron chi connectivity index (χ3n) is 4.52. The zero-order chi connectivity index (χ0) is 17.9. The largest absolute Gasteiger partial charge is 0.496 e. The number of hydrogen-bond acceptors (Lipinski definition) is 6. The van der Waals surface area contributed by atoms with Crippen molar-refractivity contribution in [2.75, 3.05) is 53.0 Å². The van der Waals surface area contributed by atoms with Crippen LogP contribution in [0.15, 0.2) is 18.2 Å². The SMILES string of the molecule is COc1cc(CNCCO)ccc1C(=O)CNCCN1CCCCC1. The second kappa shape index (κ2) is 11.2. The zero-order valence-electron chi connectivity index (χ0n) is 15.2. The first-order chi connectivity index (χ1) is 12.2. The first kappa shape index (κ1) is 19.8. The van der Waals surface area contributed by atoms with Crippen molar-refractivity contribution in [2.45, 2.75) is 25.8 Å². The van der Waals surface area contributed by atoms with Crippen LogP contribution in [-0.4, -0.2) is 68.8 Å². The van der Waals surface area contributed by atoms with E-state index in [0.29, 0.717) is 30.9 Å². The molecule has 1 saturated heterocycles. The summed E-state index contributed by atoms with van der Waals surface area (Å²) in [6, 6.07) is 5.63. The number of rotatable bonds is 11. The van der Waals surface area contributed by atoms with Crippen molar-refractivity contribution in [3.63, 3.8) is 0 Å². The topological polar surface area (TPSA) is 73.8 Å². The predicted molar refractivity (Wildman–Crippen MR) is 99.3 cm³/mol. The first-order valence-electron chi connectivity index (χ1n) is 9.19. The monoisotopic (exact) mass is 349 g/mol. The number of benzene rings is 1. The Hall–Kier alpha value is -1.47. The van der Waals surface area contributed by atoms with E-state index in [-0.39, 0.29) is 12.4 Å². The van der Waals surface area contributed by atoms with Crippen molar-refractivity contribution >= 4 is 5.78 Å². The van der Waals surface area contributed by atoms with Crippen LogP contribution in [0, 0.1) is 0 Å². The molecule has 0 aliphatic carbocycles. The van der Waals surface area contributed by atoms with Crippen LogP contribution < -0.4 is 15.4 Å². The summed E-state index contributed by atoms with van der Waals surface area (Å²) in [6.45, 7) is 5.80. The smallest absolute Gasteiger partial charge is 0.180 e. The van der Waals surface area contributed by atoms with Gasteiger partial charge in [-0.1, -0.05) is 12.5 Å². The van der Waals surface area contributed by atoms with Crippen LogP contribution in [0.3, 0.4) is 0 Å². The Morgan fingerprint density at radius 1 is 1.20 bits per heavy atom. The minimum atomic E-state index is 0.0466. The molecule has 2 rings (SSSR count). The van der Waals surface area contributed by atoms with Crippen LogP contribution >= 0.6 is 0 Å². The molecule has 0 radical (unpaired) electrons. The molecule has 0 unspecified atom stereocenters. The lowest BCUT2D eigenvalue weighted by molar-refractivity contribution is 0.0986. The van der Waals surface area contributed by atoms with Crippen molar-refractivity contribution in [3.05, 3.63) is 29.3 Å². The second-order valence-corrected chi connectivity index (χ2v) is 6.44. The number of ketones is 1. The Labute approximate surface area is 150 Å². The number of aliphatic hydroxyl groups is 1. The fraction of sp³-hybridized carbons (Fsp3) is 0.632. The van der Waals surface area contributed by atoms with Gasteiger partial charge in [0.15, 0.2) is 5.78 Å². The fourth-order valence-corrected chi connectivity index (χ4v) is 3.11. The molecule has 140 valence electrons. The number of ether oxygens (including phenoxy) is 1. The molecular weight excluding hydrogens is 318 g/mol. The molecule has 1 heterocycles. The van der Waals surface area contributed by atoms with Gasteiger partial charge >= 0.3 is 0 Å². The summed E-state index contributed by atoms with van der Waals surface area (Å²) in [4.78, 5) is 14.9. The van der Waals surface area contributed by atoms with E-state index in [2.05, 4.69) is 15.5 Å². The number of Topliss-reactive ketones (excluding diaryl/α,β-unsaturated/α-hetero) is 1. The van der Waals surface area contributed by atoms with E-state index >= 15 is 0 Å². The number of carbonyl (C=O) groups excluding carboxylic acids is 1. The minimum absolute atomic E-state index is 0.0466. The number of nitrogens with zero attached hydrogens (tertiary/aromatic N) is 1. The number of carbonyl (C=O) groups is 1. The maximum Gasteiger partial charge on any atom is 0.180 e. The number of hydrogen-bond donors (Lipinski definition) is 3. The second-order valence-electron chi connectivity index (χ2n) is 6.44. The average Bonchev–Trinajstić information content (AvgIpc) is 2.66. The molecule has 3 N–H and O–H groups in total. The molecule has 0 bridgehead atoms. The highest BCUT2D eigenvalue weighted by Gasteiger charge is 2.13. The Morgan fingerprint density at radius 3 is 2.72 bits per heavy atom. The number of methoxy groups -OCH3 is 1. The van der Waals surface area contributed by atoms with Crippen LogP contribution in [0.25, 0.3) is 0 Å². The van der Waals surface area contributed by atoms with E-state index in [1.807, 2.05) is 18.2 Å². The number of nitrogens with one attached hydrogen (secondary N) is 2. The Balaban J connectivity index is 1.79. The van der Waals surface area contributed by atoms with Gasteiger partial charge in [0.25, 0.3) is 0 Å². The lowest BCUT2D eigenvalue weighted by Gasteiger charge is -2.26. The fourth-order valence-electron chi connectivity index (χ4n) is 3.11. The van der Waals surface area contributed by atoms with Crippen molar-refractivity contribution in [3.8, 4) is 5.75 Å². The van der Waals surface area contributed by atoms with Gasteiger partial charge in [0, 0.05) is 26.2 Å². The van der Waals surface area contributed by atoms with Crippen molar-refractivity contribution in [1.82, 2.24) is 15.5 Å². The molecule has 1 aromatic carbocycles.